The number of likely N-dealkylation sites (tertiary alicyclic amines) is 1. The zero-order chi connectivity index (χ0) is 30.1. The quantitative estimate of drug-likeness (QED) is 0.252. The fourth-order valence-electron chi connectivity index (χ4n) is 4.92. The molecule has 6 nitrogen and oxygen atoms in total. The van der Waals surface area contributed by atoms with Gasteiger partial charge >= 0.3 is 6.18 Å². The molecule has 2 aromatic carbocycles. The summed E-state index contributed by atoms with van der Waals surface area (Å²) >= 11 is 0. The van der Waals surface area contributed by atoms with E-state index in [1.54, 1.807) is 35.4 Å². The molecule has 0 bridgehead atoms. The number of hydrogen-bond acceptors (Lipinski definition) is 5. The first-order chi connectivity index (χ1) is 19.9. The maximum Gasteiger partial charge on any atom is 0.433 e. The fraction of sp³-hybridized carbons (Fsp3) is 0.258. The molecule has 1 aliphatic heterocycles. The van der Waals surface area contributed by atoms with Gasteiger partial charge in [-0.1, -0.05) is 36.4 Å². The van der Waals surface area contributed by atoms with Crippen LogP contribution in [-0.4, -0.2) is 45.8 Å². The first-order valence-corrected chi connectivity index (χ1v) is 13.3. The SMILES string of the molecule is Cc1cnc(C(=O)Nc2cc(CN3CCC(F)(F)C(N)C3)cc(-c3ccc(C(F)(F)F)nc3)c2)cc1-c1ccccc1. The summed E-state index contributed by atoms with van der Waals surface area (Å²) in [5.41, 5.74) is 9.41. The molecule has 218 valence electrons. The Morgan fingerprint density at radius 3 is 2.43 bits per heavy atom. The molecule has 3 N–H and O–H groups in total. The number of aryl methyl sites for hydroxylation is 1. The van der Waals surface area contributed by atoms with Crippen LogP contribution in [0.25, 0.3) is 22.3 Å². The Hall–Kier alpha value is -4.22. The number of aromatic nitrogens is 2. The zero-order valence-corrected chi connectivity index (χ0v) is 22.6. The van der Waals surface area contributed by atoms with Crippen molar-refractivity contribution in [3.8, 4) is 22.3 Å². The molecule has 4 aromatic rings. The Morgan fingerprint density at radius 2 is 1.76 bits per heavy atom. The van der Waals surface area contributed by atoms with Gasteiger partial charge in [0.2, 0.25) is 0 Å². The lowest BCUT2D eigenvalue weighted by Crippen LogP contribution is -2.54. The normalized spacial score (nSPS) is 17.2. The van der Waals surface area contributed by atoms with Gasteiger partial charge in [0.15, 0.2) is 0 Å². The molecule has 11 heteroatoms. The third-order valence-corrected chi connectivity index (χ3v) is 7.22. The Balaban J connectivity index is 1.45. The van der Waals surface area contributed by atoms with Gasteiger partial charge in [-0.15, -0.1) is 0 Å². The summed E-state index contributed by atoms with van der Waals surface area (Å²) in [6.07, 6.45) is -2.25. The van der Waals surface area contributed by atoms with Crippen molar-refractivity contribution >= 4 is 11.6 Å². The number of piperidine rings is 1. The number of carbonyl (C=O) groups is 1. The summed E-state index contributed by atoms with van der Waals surface area (Å²) in [5.74, 6) is -3.44. The second-order valence-corrected chi connectivity index (χ2v) is 10.4. The summed E-state index contributed by atoms with van der Waals surface area (Å²) < 4.78 is 67.1. The summed E-state index contributed by atoms with van der Waals surface area (Å²) in [6.45, 7) is 2.23. The van der Waals surface area contributed by atoms with Crippen LogP contribution >= 0.6 is 0 Å². The fourth-order valence-corrected chi connectivity index (χ4v) is 4.92. The van der Waals surface area contributed by atoms with Crippen molar-refractivity contribution in [1.29, 1.82) is 0 Å². The lowest BCUT2D eigenvalue weighted by atomic mass is 9.99. The van der Waals surface area contributed by atoms with Gasteiger partial charge in [-0.25, -0.2) is 8.78 Å². The highest BCUT2D eigenvalue weighted by molar-refractivity contribution is 6.04. The number of pyridine rings is 2. The number of halogens is 5. The van der Waals surface area contributed by atoms with Crippen LogP contribution in [0.4, 0.5) is 27.6 Å². The molecule has 3 heterocycles. The van der Waals surface area contributed by atoms with Crippen LogP contribution in [0, 0.1) is 6.92 Å². The number of anilines is 1. The van der Waals surface area contributed by atoms with E-state index in [0.717, 1.165) is 29.0 Å². The summed E-state index contributed by atoms with van der Waals surface area (Å²) in [5, 5.41) is 2.84. The van der Waals surface area contributed by atoms with Crippen LogP contribution in [0.1, 0.15) is 33.7 Å². The van der Waals surface area contributed by atoms with Gasteiger partial charge in [-0.3, -0.25) is 19.7 Å². The lowest BCUT2D eigenvalue weighted by Gasteiger charge is -2.36. The highest BCUT2D eigenvalue weighted by Gasteiger charge is 2.41. The highest BCUT2D eigenvalue weighted by atomic mass is 19.4. The van der Waals surface area contributed by atoms with E-state index in [0.29, 0.717) is 22.4 Å². The minimum Gasteiger partial charge on any atom is -0.322 e. The van der Waals surface area contributed by atoms with Gasteiger partial charge in [0, 0.05) is 49.7 Å². The van der Waals surface area contributed by atoms with Crippen molar-refractivity contribution in [1.82, 2.24) is 14.9 Å². The minimum atomic E-state index is -4.59. The molecule has 1 unspecified atom stereocenters. The summed E-state index contributed by atoms with van der Waals surface area (Å²) in [4.78, 5) is 22.9. The molecular weight excluding hydrogens is 553 g/mol. The predicted octanol–water partition coefficient (Wildman–Crippen LogP) is 6.56. The van der Waals surface area contributed by atoms with Crippen LogP contribution in [0.15, 0.2) is 79.1 Å². The first kappa shape index (κ1) is 29.3. The van der Waals surface area contributed by atoms with Crippen molar-refractivity contribution < 1.29 is 26.7 Å². The number of nitrogens with two attached hydrogens (primary N) is 1. The summed E-state index contributed by atoms with van der Waals surface area (Å²) in [7, 11) is 0. The minimum absolute atomic E-state index is 0.0314. The number of benzene rings is 2. The largest absolute Gasteiger partial charge is 0.433 e. The van der Waals surface area contributed by atoms with Crippen LogP contribution in [0.3, 0.4) is 0 Å². The van der Waals surface area contributed by atoms with Crippen molar-refractivity contribution in [2.24, 2.45) is 5.73 Å². The van der Waals surface area contributed by atoms with Gasteiger partial charge < -0.3 is 11.1 Å². The molecule has 0 aliphatic carbocycles. The van der Waals surface area contributed by atoms with Crippen LogP contribution in [0.5, 0.6) is 0 Å². The van der Waals surface area contributed by atoms with E-state index in [4.69, 9.17) is 5.73 Å². The van der Waals surface area contributed by atoms with E-state index in [9.17, 15) is 26.7 Å². The van der Waals surface area contributed by atoms with Crippen molar-refractivity contribution in [2.45, 2.75) is 38.0 Å². The van der Waals surface area contributed by atoms with Gasteiger partial charge in [0.25, 0.3) is 11.8 Å². The molecule has 1 aliphatic rings. The third-order valence-electron chi connectivity index (χ3n) is 7.22. The number of hydrogen-bond donors (Lipinski definition) is 2. The average molecular weight is 582 g/mol. The molecule has 1 saturated heterocycles. The second kappa shape index (κ2) is 11.6. The van der Waals surface area contributed by atoms with E-state index in [2.05, 4.69) is 15.3 Å². The third kappa shape index (κ3) is 6.63. The van der Waals surface area contributed by atoms with E-state index < -0.39 is 29.7 Å². The molecule has 5 rings (SSSR count). The molecule has 2 aromatic heterocycles. The van der Waals surface area contributed by atoms with E-state index in [1.807, 2.05) is 37.3 Å². The Kier molecular flexibility index (Phi) is 8.07. The lowest BCUT2D eigenvalue weighted by molar-refractivity contribution is -0.141. The maximum absolute atomic E-state index is 14.0. The number of rotatable bonds is 6. The Bertz CT molecular complexity index is 1580. The number of alkyl halides is 5. The van der Waals surface area contributed by atoms with Crippen LogP contribution < -0.4 is 11.1 Å². The van der Waals surface area contributed by atoms with E-state index in [1.165, 1.54) is 6.07 Å². The number of nitrogens with zero attached hydrogens (tertiary/aromatic N) is 3. The smallest absolute Gasteiger partial charge is 0.322 e. The Labute approximate surface area is 239 Å². The highest BCUT2D eigenvalue weighted by Crippen LogP contribution is 2.32. The van der Waals surface area contributed by atoms with E-state index >= 15 is 0 Å². The molecular formula is C31H28F5N5O. The number of carbonyl (C=O) groups excluding carboxylic acids is 1. The number of nitrogens with one attached hydrogen (secondary N) is 1. The Morgan fingerprint density at radius 1 is 1.00 bits per heavy atom. The van der Waals surface area contributed by atoms with E-state index in [-0.39, 0.29) is 31.7 Å². The molecule has 0 spiro atoms. The maximum atomic E-state index is 14.0. The molecule has 0 radical (unpaired) electrons. The van der Waals surface area contributed by atoms with Crippen molar-refractivity contribution in [3.63, 3.8) is 0 Å². The monoisotopic (exact) mass is 581 g/mol. The van der Waals surface area contributed by atoms with Crippen LogP contribution in [0.2, 0.25) is 0 Å². The molecule has 42 heavy (non-hydrogen) atoms. The predicted molar refractivity (Wildman–Crippen MR) is 150 cm³/mol. The van der Waals surface area contributed by atoms with Gasteiger partial charge in [0.1, 0.15) is 11.4 Å². The summed E-state index contributed by atoms with van der Waals surface area (Å²) in [6, 6.07) is 17.2. The second-order valence-electron chi connectivity index (χ2n) is 10.4. The molecule has 0 saturated carbocycles. The van der Waals surface area contributed by atoms with Gasteiger partial charge in [-0.2, -0.15) is 13.2 Å². The van der Waals surface area contributed by atoms with Crippen molar-refractivity contribution in [2.75, 3.05) is 18.4 Å². The topological polar surface area (TPSA) is 84.1 Å². The van der Waals surface area contributed by atoms with Gasteiger partial charge in [-0.05, 0) is 65.1 Å². The molecule has 1 fully saturated rings. The zero-order valence-electron chi connectivity index (χ0n) is 22.6. The van der Waals surface area contributed by atoms with Crippen LogP contribution in [-0.2, 0) is 12.7 Å². The molecule has 1 atom stereocenters. The molecule has 1 amide bonds. The van der Waals surface area contributed by atoms with Gasteiger partial charge in [0.05, 0.1) is 6.04 Å². The standard InChI is InChI=1S/C31H28F5N5O/c1-19-15-38-26(14-25(19)21-5-3-2-4-6-21)29(42)40-24-12-20(17-41-10-9-30(32,33)27(37)18-41)11-23(13-24)22-7-8-28(39-16-22)31(34,35)36/h2-8,11-16,27H,9-10,17-18,37H2,1H3,(H,40,42). The first-order valence-electron chi connectivity index (χ1n) is 13.3. The average Bonchev–Trinajstić information content (AvgIpc) is 2.95. The number of amides is 1. The van der Waals surface area contributed by atoms with Crippen molar-refractivity contribution in [3.05, 3.63) is 102 Å².